The van der Waals surface area contributed by atoms with Gasteiger partial charge in [0.05, 0.1) is 6.61 Å². The van der Waals surface area contributed by atoms with Crippen LogP contribution in [0.15, 0.2) is 0 Å². The zero-order chi connectivity index (χ0) is 7.40. The van der Waals surface area contributed by atoms with Crippen LogP contribution in [-0.2, 0) is 4.74 Å². The second-order valence-electron chi connectivity index (χ2n) is 3.16. The van der Waals surface area contributed by atoms with Crippen LogP contribution >= 0.6 is 0 Å². The Hall–Kier alpha value is -0.0800. The van der Waals surface area contributed by atoms with Gasteiger partial charge in [0.2, 0.25) is 0 Å². The third-order valence-corrected chi connectivity index (χ3v) is 2.35. The van der Waals surface area contributed by atoms with Crippen LogP contribution in [0.4, 0.5) is 0 Å². The van der Waals surface area contributed by atoms with Crippen LogP contribution < -0.4 is 5.73 Å². The fourth-order valence-electron chi connectivity index (χ4n) is 1.66. The van der Waals surface area contributed by atoms with E-state index in [-0.39, 0.29) is 0 Å². The van der Waals surface area contributed by atoms with E-state index < -0.39 is 0 Å². The van der Waals surface area contributed by atoms with Gasteiger partial charge in [-0.25, -0.2) is 0 Å². The minimum Gasteiger partial charge on any atom is -0.384 e. The van der Waals surface area contributed by atoms with Crippen LogP contribution in [0.2, 0.25) is 0 Å². The molecule has 10 heavy (non-hydrogen) atoms. The number of rotatable bonds is 2. The van der Waals surface area contributed by atoms with Crippen molar-refractivity contribution in [2.45, 2.75) is 31.7 Å². The van der Waals surface area contributed by atoms with Gasteiger partial charge in [-0.1, -0.05) is 12.8 Å². The molecule has 1 rings (SSSR count). The van der Waals surface area contributed by atoms with Crippen molar-refractivity contribution in [2.75, 3.05) is 13.7 Å². The van der Waals surface area contributed by atoms with Crippen LogP contribution in [0.5, 0.6) is 0 Å². The fraction of sp³-hybridized carbons (Fsp3) is 1.00. The standard InChI is InChI=1S/C8H17NO/c1-10-6-7-4-2-3-5-8(7)9/h7-8H,2-6,9H2,1H3/t7?,8-/m0/s1. The first-order valence-corrected chi connectivity index (χ1v) is 4.09. The summed E-state index contributed by atoms with van der Waals surface area (Å²) >= 11 is 0. The summed E-state index contributed by atoms with van der Waals surface area (Å²) in [5.74, 6) is 0.624. The zero-order valence-electron chi connectivity index (χ0n) is 6.68. The Morgan fingerprint density at radius 2 is 2.10 bits per heavy atom. The number of methoxy groups -OCH3 is 1. The van der Waals surface area contributed by atoms with Crippen molar-refractivity contribution >= 4 is 0 Å². The molecule has 60 valence electrons. The summed E-state index contributed by atoms with van der Waals surface area (Å²) in [6.45, 7) is 0.848. The van der Waals surface area contributed by atoms with Crippen LogP contribution in [0.1, 0.15) is 25.7 Å². The highest BCUT2D eigenvalue weighted by atomic mass is 16.5. The molecule has 0 aromatic carbocycles. The Labute approximate surface area is 62.7 Å². The monoisotopic (exact) mass is 143 g/mol. The summed E-state index contributed by atoms with van der Waals surface area (Å²) in [5, 5.41) is 0. The third kappa shape index (κ3) is 1.96. The first-order chi connectivity index (χ1) is 4.84. The molecule has 0 aromatic heterocycles. The van der Waals surface area contributed by atoms with Gasteiger partial charge in [0, 0.05) is 13.2 Å². The van der Waals surface area contributed by atoms with Gasteiger partial charge in [-0.05, 0) is 18.8 Å². The molecule has 1 aliphatic carbocycles. The summed E-state index contributed by atoms with van der Waals surface area (Å²) in [6.07, 6.45) is 5.09. The summed E-state index contributed by atoms with van der Waals surface area (Å²) in [7, 11) is 1.75. The highest BCUT2D eigenvalue weighted by Crippen LogP contribution is 2.22. The van der Waals surface area contributed by atoms with Gasteiger partial charge in [-0.3, -0.25) is 0 Å². The molecule has 1 saturated carbocycles. The van der Waals surface area contributed by atoms with E-state index in [4.69, 9.17) is 10.5 Å². The summed E-state index contributed by atoms with van der Waals surface area (Å²) in [6, 6.07) is 0.397. The summed E-state index contributed by atoms with van der Waals surface area (Å²) in [5.41, 5.74) is 5.89. The molecule has 2 nitrogen and oxygen atoms in total. The second-order valence-corrected chi connectivity index (χ2v) is 3.16. The van der Waals surface area contributed by atoms with Crippen molar-refractivity contribution < 1.29 is 4.74 Å². The van der Waals surface area contributed by atoms with Crippen LogP contribution in [0.25, 0.3) is 0 Å². The van der Waals surface area contributed by atoms with E-state index >= 15 is 0 Å². The Balaban J connectivity index is 2.25. The molecule has 2 atom stereocenters. The van der Waals surface area contributed by atoms with Crippen molar-refractivity contribution in [2.24, 2.45) is 11.7 Å². The second kappa shape index (κ2) is 3.94. The van der Waals surface area contributed by atoms with E-state index in [0.717, 1.165) is 6.61 Å². The molecule has 0 amide bonds. The smallest absolute Gasteiger partial charge is 0.0505 e. The van der Waals surface area contributed by atoms with Crippen LogP contribution in [0.3, 0.4) is 0 Å². The molecule has 2 heteroatoms. The summed E-state index contributed by atoms with van der Waals surface area (Å²) < 4.78 is 5.07. The molecule has 0 aliphatic heterocycles. The largest absolute Gasteiger partial charge is 0.384 e. The van der Waals surface area contributed by atoms with Crippen molar-refractivity contribution in [3.8, 4) is 0 Å². The van der Waals surface area contributed by atoms with Crippen LogP contribution in [0, 0.1) is 5.92 Å². The molecule has 0 saturated heterocycles. The topological polar surface area (TPSA) is 35.2 Å². The van der Waals surface area contributed by atoms with Crippen molar-refractivity contribution in [3.63, 3.8) is 0 Å². The van der Waals surface area contributed by atoms with Gasteiger partial charge < -0.3 is 10.5 Å². The van der Waals surface area contributed by atoms with Crippen LogP contribution in [-0.4, -0.2) is 19.8 Å². The number of nitrogens with two attached hydrogens (primary N) is 1. The van der Waals surface area contributed by atoms with E-state index in [9.17, 15) is 0 Å². The lowest BCUT2D eigenvalue weighted by atomic mass is 9.86. The molecule has 0 spiro atoms. The third-order valence-electron chi connectivity index (χ3n) is 2.35. The SMILES string of the molecule is COCC1CCCC[C@@H]1N. The molecule has 2 N–H and O–H groups in total. The normalized spacial score (nSPS) is 34.2. The van der Waals surface area contributed by atoms with Gasteiger partial charge in [0.15, 0.2) is 0 Å². The first kappa shape index (κ1) is 8.02. The predicted octanol–water partition coefficient (Wildman–Crippen LogP) is 1.15. The maximum absolute atomic E-state index is 5.89. The quantitative estimate of drug-likeness (QED) is 0.629. The molecule has 1 fully saturated rings. The molecule has 0 aromatic rings. The lowest BCUT2D eigenvalue weighted by Crippen LogP contribution is -2.35. The molecule has 0 radical (unpaired) electrons. The molecular weight excluding hydrogens is 126 g/mol. The molecular formula is C8H17NO. The minimum absolute atomic E-state index is 0.397. The van der Waals surface area contributed by atoms with Gasteiger partial charge >= 0.3 is 0 Å². The highest BCUT2D eigenvalue weighted by Gasteiger charge is 2.20. The average molecular weight is 143 g/mol. The number of ether oxygens (including phenoxy) is 1. The van der Waals surface area contributed by atoms with E-state index in [0.29, 0.717) is 12.0 Å². The Kier molecular flexibility index (Phi) is 3.16. The van der Waals surface area contributed by atoms with Gasteiger partial charge in [-0.2, -0.15) is 0 Å². The molecule has 0 bridgehead atoms. The minimum atomic E-state index is 0.397. The Morgan fingerprint density at radius 3 is 2.70 bits per heavy atom. The maximum atomic E-state index is 5.89. The van der Waals surface area contributed by atoms with Gasteiger partial charge in [0.25, 0.3) is 0 Å². The zero-order valence-corrected chi connectivity index (χ0v) is 6.68. The van der Waals surface area contributed by atoms with Crippen molar-refractivity contribution in [3.05, 3.63) is 0 Å². The van der Waals surface area contributed by atoms with E-state index in [1.807, 2.05) is 0 Å². The molecule has 1 unspecified atom stereocenters. The Bertz CT molecular complexity index is 93.3. The lowest BCUT2D eigenvalue weighted by molar-refractivity contribution is 0.119. The lowest BCUT2D eigenvalue weighted by Gasteiger charge is -2.27. The van der Waals surface area contributed by atoms with E-state index in [2.05, 4.69) is 0 Å². The van der Waals surface area contributed by atoms with E-state index in [1.54, 1.807) is 7.11 Å². The maximum Gasteiger partial charge on any atom is 0.0505 e. The number of hydrogen-bond acceptors (Lipinski definition) is 2. The van der Waals surface area contributed by atoms with Gasteiger partial charge in [0.1, 0.15) is 0 Å². The highest BCUT2D eigenvalue weighted by molar-refractivity contribution is 4.77. The first-order valence-electron chi connectivity index (χ1n) is 4.09. The Morgan fingerprint density at radius 1 is 1.40 bits per heavy atom. The predicted molar refractivity (Wildman–Crippen MR) is 41.8 cm³/mol. The van der Waals surface area contributed by atoms with Crippen molar-refractivity contribution in [1.29, 1.82) is 0 Å². The molecule has 1 aliphatic rings. The molecule has 0 heterocycles. The number of hydrogen-bond donors (Lipinski definition) is 1. The average Bonchev–Trinajstić information content (AvgIpc) is 1.94. The van der Waals surface area contributed by atoms with Crippen molar-refractivity contribution in [1.82, 2.24) is 0 Å². The summed E-state index contributed by atoms with van der Waals surface area (Å²) in [4.78, 5) is 0. The van der Waals surface area contributed by atoms with E-state index in [1.165, 1.54) is 25.7 Å². The van der Waals surface area contributed by atoms with Gasteiger partial charge in [-0.15, -0.1) is 0 Å². The fourth-order valence-corrected chi connectivity index (χ4v) is 1.66.